The summed E-state index contributed by atoms with van der Waals surface area (Å²) in [5.74, 6) is -1.93. The maximum atomic E-state index is 13.3. The quantitative estimate of drug-likeness (QED) is 0.851. The fourth-order valence-corrected chi connectivity index (χ4v) is 1.88. The molecule has 0 aliphatic heterocycles. The molecule has 0 aliphatic carbocycles. The lowest BCUT2D eigenvalue weighted by Crippen LogP contribution is -2.08. The first-order valence-corrected chi connectivity index (χ1v) is 6.10. The number of rotatable bonds is 4. The van der Waals surface area contributed by atoms with E-state index in [9.17, 15) is 18.7 Å². The Morgan fingerprint density at radius 1 is 1.19 bits per heavy atom. The highest BCUT2D eigenvalue weighted by atomic mass is 19.1. The molecule has 4 nitrogen and oxygen atoms in total. The van der Waals surface area contributed by atoms with Gasteiger partial charge in [-0.1, -0.05) is 0 Å². The van der Waals surface area contributed by atoms with Crippen LogP contribution in [0.2, 0.25) is 0 Å². The molecule has 0 spiro atoms. The number of phenolic OH excluding ortho intramolecular Hbond substituents is 1. The summed E-state index contributed by atoms with van der Waals surface area (Å²) in [5, 5.41) is 12.1. The summed E-state index contributed by atoms with van der Waals surface area (Å²) in [6.07, 6.45) is 0. The van der Waals surface area contributed by atoms with Gasteiger partial charge < -0.3 is 15.2 Å². The van der Waals surface area contributed by atoms with E-state index in [1.165, 1.54) is 25.3 Å². The normalized spacial score (nSPS) is 10.2. The number of halogens is 2. The van der Waals surface area contributed by atoms with Crippen molar-refractivity contribution in [3.8, 4) is 5.75 Å². The second-order valence-electron chi connectivity index (χ2n) is 4.35. The number of esters is 1. The molecule has 0 saturated carbocycles. The number of nitrogens with one attached hydrogen (secondary N) is 1. The zero-order valence-corrected chi connectivity index (χ0v) is 11.2. The van der Waals surface area contributed by atoms with Crippen LogP contribution in [0, 0.1) is 11.6 Å². The van der Waals surface area contributed by atoms with Gasteiger partial charge in [0.05, 0.1) is 18.4 Å². The standard InChI is InChI=1S/C15H13F2NO3/c1-21-15(20)13-3-2-10(16)7-14(13)18-8-9-4-11(17)6-12(19)5-9/h2-7,18-19H,8H2,1H3. The largest absolute Gasteiger partial charge is 0.508 e. The third-order valence-electron chi connectivity index (χ3n) is 2.81. The highest BCUT2D eigenvalue weighted by Crippen LogP contribution is 2.21. The van der Waals surface area contributed by atoms with Gasteiger partial charge in [-0.05, 0) is 35.9 Å². The van der Waals surface area contributed by atoms with E-state index >= 15 is 0 Å². The molecule has 0 saturated heterocycles. The van der Waals surface area contributed by atoms with Crippen LogP contribution < -0.4 is 5.32 Å². The van der Waals surface area contributed by atoms with Crippen LogP contribution in [0.3, 0.4) is 0 Å². The van der Waals surface area contributed by atoms with Crippen molar-refractivity contribution in [2.24, 2.45) is 0 Å². The first-order valence-electron chi connectivity index (χ1n) is 6.10. The van der Waals surface area contributed by atoms with Gasteiger partial charge in [0.25, 0.3) is 0 Å². The molecule has 0 radical (unpaired) electrons. The first kappa shape index (κ1) is 14.8. The van der Waals surface area contributed by atoms with E-state index in [0.717, 1.165) is 18.2 Å². The fourth-order valence-electron chi connectivity index (χ4n) is 1.88. The molecule has 0 bridgehead atoms. The Labute approximate surface area is 120 Å². The molecule has 0 unspecified atom stereocenters. The van der Waals surface area contributed by atoms with Crippen molar-refractivity contribution in [3.05, 3.63) is 59.2 Å². The number of ether oxygens (including phenoxy) is 1. The fraction of sp³-hybridized carbons (Fsp3) is 0.133. The molecular formula is C15H13F2NO3. The first-order chi connectivity index (χ1) is 9.99. The average Bonchev–Trinajstić information content (AvgIpc) is 2.43. The number of anilines is 1. The zero-order chi connectivity index (χ0) is 15.4. The summed E-state index contributed by atoms with van der Waals surface area (Å²) >= 11 is 0. The highest BCUT2D eigenvalue weighted by molar-refractivity contribution is 5.95. The molecule has 0 amide bonds. The van der Waals surface area contributed by atoms with Gasteiger partial charge in [0.15, 0.2) is 0 Å². The smallest absolute Gasteiger partial charge is 0.339 e. The van der Waals surface area contributed by atoms with E-state index in [0.29, 0.717) is 5.56 Å². The van der Waals surface area contributed by atoms with E-state index in [2.05, 4.69) is 10.1 Å². The average molecular weight is 293 g/mol. The van der Waals surface area contributed by atoms with Gasteiger partial charge in [0.1, 0.15) is 17.4 Å². The number of methoxy groups -OCH3 is 1. The molecule has 0 heterocycles. The Kier molecular flexibility index (Phi) is 4.37. The second-order valence-corrected chi connectivity index (χ2v) is 4.35. The molecule has 21 heavy (non-hydrogen) atoms. The number of carbonyl (C=O) groups is 1. The van der Waals surface area contributed by atoms with Gasteiger partial charge in [-0.15, -0.1) is 0 Å². The lowest BCUT2D eigenvalue weighted by atomic mass is 10.1. The maximum absolute atomic E-state index is 13.3. The minimum atomic E-state index is -0.611. The molecule has 2 aromatic rings. The Bertz CT molecular complexity index is 654. The molecule has 2 rings (SSSR count). The van der Waals surface area contributed by atoms with Crippen LogP contribution in [0.25, 0.3) is 0 Å². The van der Waals surface area contributed by atoms with Crippen molar-refractivity contribution < 1.29 is 23.4 Å². The number of phenols is 1. The molecule has 0 aliphatic rings. The van der Waals surface area contributed by atoms with Crippen molar-refractivity contribution in [1.29, 1.82) is 0 Å². The van der Waals surface area contributed by atoms with E-state index in [1.807, 2.05) is 0 Å². The number of aromatic hydroxyl groups is 1. The predicted molar refractivity (Wildman–Crippen MR) is 73.1 cm³/mol. The minimum absolute atomic E-state index is 0.110. The molecule has 2 aromatic carbocycles. The van der Waals surface area contributed by atoms with Crippen LogP contribution in [0.5, 0.6) is 5.75 Å². The lowest BCUT2D eigenvalue weighted by Gasteiger charge is -2.11. The Morgan fingerprint density at radius 2 is 1.95 bits per heavy atom. The minimum Gasteiger partial charge on any atom is -0.508 e. The summed E-state index contributed by atoms with van der Waals surface area (Å²) in [5.41, 5.74) is 0.845. The van der Waals surface area contributed by atoms with Gasteiger partial charge in [0.2, 0.25) is 0 Å². The molecule has 0 fully saturated rings. The van der Waals surface area contributed by atoms with Gasteiger partial charge >= 0.3 is 5.97 Å². The lowest BCUT2D eigenvalue weighted by molar-refractivity contribution is 0.0601. The van der Waals surface area contributed by atoms with Crippen LogP contribution in [-0.4, -0.2) is 18.2 Å². The van der Waals surface area contributed by atoms with E-state index < -0.39 is 17.6 Å². The van der Waals surface area contributed by atoms with Crippen molar-refractivity contribution in [2.75, 3.05) is 12.4 Å². The monoisotopic (exact) mass is 293 g/mol. The Balaban J connectivity index is 2.22. The SMILES string of the molecule is COC(=O)c1ccc(F)cc1NCc1cc(O)cc(F)c1. The summed E-state index contributed by atoms with van der Waals surface area (Å²) in [6, 6.07) is 7.16. The topological polar surface area (TPSA) is 58.6 Å². The van der Waals surface area contributed by atoms with Crippen molar-refractivity contribution in [1.82, 2.24) is 0 Å². The van der Waals surface area contributed by atoms with Crippen LogP contribution in [-0.2, 0) is 11.3 Å². The molecule has 0 atom stereocenters. The van der Waals surface area contributed by atoms with Crippen LogP contribution in [0.1, 0.15) is 15.9 Å². The van der Waals surface area contributed by atoms with Gasteiger partial charge in [-0.25, -0.2) is 13.6 Å². The van der Waals surface area contributed by atoms with Crippen molar-refractivity contribution in [2.45, 2.75) is 6.54 Å². The van der Waals surface area contributed by atoms with Crippen molar-refractivity contribution >= 4 is 11.7 Å². The summed E-state index contributed by atoms with van der Waals surface area (Å²) < 4.78 is 31.0. The second kappa shape index (κ2) is 6.21. The van der Waals surface area contributed by atoms with Crippen LogP contribution >= 0.6 is 0 Å². The van der Waals surface area contributed by atoms with Gasteiger partial charge in [0, 0.05) is 12.6 Å². The van der Waals surface area contributed by atoms with Crippen LogP contribution in [0.4, 0.5) is 14.5 Å². The van der Waals surface area contributed by atoms with Crippen LogP contribution in [0.15, 0.2) is 36.4 Å². The third-order valence-corrected chi connectivity index (χ3v) is 2.81. The van der Waals surface area contributed by atoms with E-state index in [1.54, 1.807) is 0 Å². The third kappa shape index (κ3) is 3.68. The zero-order valence-electron chi connectivity index (χ0n) is 11.2. The molecular weight excluding hydrogens is 280 g/mol. The summed E-state index contributed by atoms with van der Waals surface area (Å²) in [6.45, 7) is 0.110. The molecule has 110 valence electrons. The summed E-state index contributed by atoms with van der Waals surface area (Å²) in [4.78, 5) is 11.6. The van der Waals surface area contributed by atoms with Crippen molar-refractivity contribution in [3.63, 3.8) is 0 Å². The van der Waals surface area contributed by atoms with Gasteiger partial charge in [-0.2, -0.15) is 0 Å². The highest BCUT2D eigenvalue weighted by Gasteiger charge is 2.12. The van der Waals surface area contributed by atoms with E-state index in [4.69, 9.17) is 0 Å². The Hall–Kier alpha value is -2.63. The molecule has 6 heteroatoms. The maximum Gasteiger partial charge on any atom is 0.339 e. The number of benzene rings is 2. The number of carbonyl (C=O) groups excluding carboxylic acids is 1. The predicted octanol–water partition coefficient (Wildman–Crippen LogP) is 3.07. The Morgan fingerprint density at radius 3 is 2.62 bits per heavy atom. The number of hydrogen-bond donors (Lipinski definition) is 2. The van der Waals surface area contributed by atoms with E-state index in [-0.39, 0.29) is 23.5 Å². The molecule has 0 aromatic heterocycles. The summed E-state index contributed by atoms with van der Waals surface area (Å²) in [7, 11) is 1.22. The van der Waals surface area contributed by atoms with Gasteiger partial charge in [-0.3, -0.25) is 0 Å². The molecule has 2 N–H and O–H groups in total. The number of hydrogen-bond acceptors (Lipinski definition) is 4.